The second-order valence-corrected chi connectivity index (χ2v) is 11.2. The average molecular weight is 436 g/mol. The van der Waals surface area contributed by atoms with E-state index in [2.05, 4.69) is 10.6 Å². The topological polar surface area (TPSA) is 78.5 Å². The van der Waals surface area contributed by atoms with Gasteiger partial charge in [0.1, 0.15) is 6.04 Å². The summed E-state index contributed by atoms with van der Waals surface area (Å²) in [5.74, 6) is 2.24. The van der Waals surface area contributed by atoms with Gasteiger partial charge in [0.25, 0.3) is 5.91 Å². The second-order valence-electron chi connectivity index (χ2n) is 11.2. The van der Waals surface area contributed by atoms with Gasteiger partial charge in [-0.1, -0.05) is 0 Å². The van der Waals surface area contributed by atoms with Gasteiger partial charge in [-0.05, 0) is 106 Å². The summed E-state index contributed by atoms with van der Waals surface area (Å²) >= 11 is 0. The van der Waals surface area contributed by atoms with Crippen molar-refractivity contribution < 1.29 is 14.4 Å². The van der Waals surface area contributed by atoms with E-state index >= 15 is 0 Å². The molecule has 6 heteroatoms. The molecule has 7 rings (SSSR count). The molecule has 170 valence electrons. The van der Waals surface area contributed by atoms with Gasteiger partial charge in [0.05, 0.1) is 5.41 Å². The van der Waals surface area contributed by atoms with Crippen LogP contribution in [0.5, 0.6) is 0 Å². The zero-order valence-corrected chi connectivity index (χ0v) is 18.6. The van der Waals surface area contributed by atoms with Crippen LogP contribution in [-0.4, -0.2) is 41.2 Å². The van der Waals surface area contributed by atoms with Gasteiger partial charge in [0.15, 0.2) is 0 Å². The first-order valence-electron chi connectivity index (χ1n) is 12.5. The summed E-state index contributed by atoms with van der Waals surface area (Å²) in [5.41, 5.74) is 1.08. The highest BCUT2D eigenvalue weighted by Crippen LogP contribution is 2.60. The Hall–Kier alpha value is -2.37. The molecule has 0 spiro atoms. The number of nitrogens with zero attached hydrogens (tertiary/aromatic N) is 1. The van der Waals surface area contributed by atoms with Crippen LogP contribution in [0.3, 0.4) is 0 Å². The predicted octanol–water partition coefficient (Wildman–Crippen LogP) is 3.72. The maximum absolute atomic E-state index is 13.8. The van der Waals surface area contributed by atoms with Gasteiger partial charge in [-0.25, -0.2) is 0 Å². The number of hydrogen-bond donors (Lipinski definition) is 2. The maximum Gasteiger partial charge on any atom is 0.251 e. The Bertz CT molecular complexity index is 901. The molecule has 2 N–H and O–H groups in total. The lowest BCUT2D eigenvalue weighted by Crippen LogP contribution is -2.56. The monoisotopic (exact) mass is 435 g/mol. The standard InChI is InChI=1S/C26H33N3O3/c30-23(27-21-7-8-21)19-3-5-20(6-4-19)28-24(31)22-2-1-9-29(22)25(32)26-13-16-10-17(14-26)12-18(11-16)15-26/h3-6,16-18,21-22H,1-2,7-15H2,(H,27,30)(H,28,31)/t16?,17?,18?,22-,26?/m1/s1. The number of carbonyl (C=O) groups excluding carboxylic acids is 3. The van der Waals surface area contributed by atoms with E-state index in [4.69, 9.17) is 0 Å². The molecule has 1 aromatic rings. The van der Waals surface area contributed by atoms with Crippen molar-refractivity contribution in [2.45, 2.75) is 76.3 Å². The smallest absolute Gasteiger partial charge is 0.251 e. The molecule has 32 heavy (non-hydrogen) atoms. The Morgan fingerprint density at radius 1 is 0.875 bits per heavy atom. The molecule has 1 heterocycles. The normalized spacial score (nSPS) is 35.1. The molecule has 5 aliphatic carbocycles. The molecule has 1 atom stereocenters. The molecule has 1 aromatic carbocycles. The van der Waals surface area contributed by atoms with Gasteiger partial charge >= 0.3 is 0 Å². The number of anilines is 1. The van der Waals surface area contributed by atoms with Gasteiger partial charge in [-0.15, -0.1) is 0 Å². The van der Waals surface area contributed by atoms with Gasteiger partial charge in [-0.3, -0.25) is 14.4 Å². The van der Waals surface area contributed by atoms with E-state index in [0.29, 0.717) is 23.8 Å². The Morgan fingerprint density at radius 2 is 1.50 bits per heavy atom. The quantitative estimate of drug-likeness (QED) is 0.740. The van der Waals surface area contributed by atoms with Crippen molar-refractivity contribution in [3.8, 4) is 0 Å². The minimum absolute atomic E-state index is 0.0616. The van der Waals surface area contributed by atoms with E-state index in [-0.39, 0.29) is 29.2 Å². The maximum atomic E-state index is 13.8. The lowest BCUT2D eigenvalue weighted by atomic mass is 9.49. The molecule has 1 saturated heterocycles. The zero-order chi connectivity index (χ0) is 21.9. The third-order valence-electron chi connectivity index (χ3n) is 8.64. The molecule has 0 radical (unpaired) electrons. The van der Waals surface area contributed by atoms with E-state index in [1.807, 2.05) is 4.90 Å². The van der Waals surface area contributed by atoms with Crippen LogP contribution in [0.1, 0.15) is 74.6 Å². The minimum Gasteiger partial charge on any atom is -0.349 e. The highest BCUT2D eigenvalue weighted by atomic mass is 16.2. The number of benzene rings is 1. The molecule has 6 aliphatic rings. The third kappa shape index (κ3) is 3.61. The Morgan fingerprint density at radius 3 is 2.09 bits per heavy atom. The Balaban J connectivity index is 1.12. The van der Waals surface area contributed by atoms with Crippen molar-refractivity contribution in [1.29, 1.82) is 0 Å². The van der Waals surface area contributed by atoms with Crippen molar-refractivity contribution in [3.63, 3.8) is 0 Å². The number of carbonyl (C=O) groups is 3. The number of amides is 3. The molecule has 5 saturated carbocycles. The average Bonchev–Trinajstić information content (AvgIpc) is 3.44. The predicted molar refractivity (Wildman–Crippen MR) is 121 cm³/mol. The summed E-state index contributed by atoms with van der Waals surface area (Å²) in [7, 11) is 0. The van der Waals surface area contributed by atoms with Gasteiger partial charge in [0.2, 0.25) is 11.8 Å². The molecule has 6 fully saturated rings. The van der Waals surface area contributed by atoms with Crippen LogP contribution in [0.4, 0.5) is 5.69 Å². The zero-order valence-electron chi connectivity index (χ0n) is 18.6. The molecule has 0 unspecified atom stereocenters. The number of hydrogen-bond acceptors (Lipinski definition) is 3. The van der Waals surface area contributed by atoms with E-state index < -0.39 is 0 Å². The van der Waals surface area contributed by atoms with Crippen molar-refractivity contribution in [1.82, 2.24) is 10.2 Å². The molecular weight excluding hydrogens is 402 g/mol. The number of rotatable bonds is 5. The number of likely N-dealkylation sites (tertiary alicyclic amines) is 1. The van der Waals surface area contributed by atoms with Crippen LogP contribution in [0.25, 0.3) is 0 Å². The van der Waals surface area contributed by atoms with Crippen molar-refractivity contribution >= 4 is 23.4 Å². The highest BCUT2D eigenvalue weighted by Gasteiger charge is 2.56. The first kappa shape index (κ1) is 20.3. The van der Waals surface area contributed by atoms with Gasteiger partial charge < -0.3 is 15.5 Å². The lowest BCUT2D eigenvalue weighted by Gasteiger charge is -2.56. The van der Waals surface area contributed by atoms with E-state index in [0.717, 1.165) is 62.7 Å². The molecule has 4 bridgehead atoms. The second kappa shape index (κ2) is 7.60. The fourth-order valence-electron chi connectivity index (χ4n) is 7.39. The largest absolute Gasteiger partial charge is 0.349 e. The molecule has 3 amide bonds. The molecular formula is C26H33N3O3. The summed E-state index contributed by atoms with van der Waals surface area (Å²) in [6, 6.07) is 7.00. The van der Waals surface area contributed by atoms with E-state index in [1.54, 1.807) is 24.3 Å². The van der Waals surface area contributed by atoms with Crippen LogP contribution >= 0.6 is 0 Å². The van der Waals surface area contributed by atoms with Crippen molar-refractivity contribution in [2.75, 3.05) is 11.9 Å². The Kier molecular flexibility index (Phi) is 4.81. The van der Waals surface area contributed by atoms with Crippen LogP contribution < -0.4 is 10.6 Å². The summed E-state index contributed by atoms with van der Waals surface area (Å²) in [4.78, 5) is 41.0. The summed E-state index contributed by atoms with van der Waals surface area (Å²) < 4.78 is 0. The summed E-state index contributed by atoms with van der Waals surface area (Å²) in [5, 5.41) is 5.97. The van der Waals surface area contributed by atoms with Gasteiger partial charge in [0, 0.05) is 23.8 Å². The van der Waals surface area contributed by atoms with Crippen molar-refractivity contribution in [2.24, 2.45) is 23.2 Å². The number of nitrogens with one attached hydrogen (secondary N) is 2. The van der Waals surface area contributed by atoms with Crippen LogP contribution in [0.2, 0.25) is 0 Å². The van der Waals surface area contributed by atoms with Crippen LogP contribution in [0.15, 0.2) is 24.3 Å². The van der Waals surface area contributed by atoms with Gasteiger partial charge in [-0.2, -0.15) is 0 Å². The van der Waals surface area contributed by atoms with Crippen molar-refractivity contribution in [3.05, 3.63) is 29.8 Å². The van der Waals surface area contributed by atoms with E-state index in [9.17, 15) is 14.4 Å². The molecule has 1 aliphatic heterocycles. The Labute approximate surface area is 189 Å². The molecule has 0 aromatic heterocycles. The SMILES string of the molecule is O=C(NC1CC1)c1ccc(NC(=O)[C@H]2CCCN2C(=O)C23CC4CC(CC(C4)C2)C3)cc1. The summed E-state index contributed by atoms with van der Waals surface area (Å²) in [6.45, 7) is 0.693. The first-order chi connectivity index (χ1) is 15.5. The fraction of sp³-hybridized carbons (Fsp3) is 0.654. The fourth-order valence-corrected chi connectivity index (χ4v) is 7.39. The van der Waals surface area contributed by atoms with Crippen LogP contribution in [0, 0.1) is 23.2 Å². The minimum atomic E-state index is -0.381. The lowest BCUT2D eigenvalue weighted by molar-refractivity contribution is -0.160. The van der Waals surface area contributed by atoms with E-state index in [1.165, 1.54) is 19.3 Å². The third-order valence-corrected chi connectivity index (χ3v) is 8.64. The summed E-state index contributed by atoms with van der Waals surface area (Å²) in [6.07, 6.45) is 10.8. The first-order valence-corrected chi connectivity index (χ1v) is 12.5. The van der Waals surface area contributed by atoms with Crippen LogP contribution in [-0.2, 0) is 9.59 Å². The highest BCUT2D eigenvalue weighted by molar-refractivity contribution is 5.99. The molecule has 6 nitrogen and oxygen atoms in total.